The summed E-state index contributed by atoms with van der Waals surface area (Å²) in [6, 6.07) is 6.58. The number of carbonyl (C=O) groups excluding carboxylic acids is 2. The summed E-state index contributed by atoms with van der Waals surface area (Å²) >= 11 is 0. The fourth-order valence-electron chi connectivity index (χ4n) is 1.49. The van der Waals surface area contributed by atoms with Crippen LogP contribution >= 0.6 is 0 Å². The van der Waals surface area contributed by atoms with Crippen molar-refractivity contribution in [1.82, 2.24) is 0 Å². The molecule has 0 aliphatic rings. The Morgan fingerprint density at radius 2 is 2.06 bits per heavy atom. The molecular formula is C14H18O4. The van der Waals surface area contributed by atoms with E-state index in [0.717, 1.165) is 0 Å². The molecule has 0 saturated carbocycles. The quantitative estimate of drug-likeness (QED) is 0.551. The summed E-state index contributed by atoms with van der Waals surface area (Å²) in [5, 5.41) is 0. The predicted octanol–water partition coefficient (Wildman–Crippen LogP) is 2.47. The minimum atomic E-state index is -0.482. The van der Waals surface area contributed by atoms with Crippen molar-refractivity contribution in [3.8, 4) is 0 Å². The van der Waals surface area contributed by atoms with Crippen LogP contribution in [-0.4, -0.2) is 31.6 Å². The molecule has 0 spiro atoms. The average Bonchev–Trinajstić information content (AvgIpc) is 2.43. The molecule has 0 aliphatic carbocycles. The van der Waals surface area contributed by atoms with E-state index in [1.165, 1.54) is 0 Å². The second kappa shape index (κ2) is 7.61. The van der Waals surface area contributed by atoms with Gasteiger partial charge in [0.2, 0.25) is 0 Å². The first kappa shape index (κ1) is 14.4. The van der Waals surface area contributed by atoms with Crippen molar-refractivity contribution in [1.29, 1.82) is 0 Å². The Labute approximate surface area is 107 Å². The number of carbonyl (C=O) groups is 2. The van der Waals surface area contributed by atoms with Gasteiger partial charge in [-0.25, -0.2) is 4.79 Å². The van der Waals surface area contributed by atoms with E-state index in [1.807, 2.05) is 13.8 Å². The van der Waals surface area contributed by atoms with Crippen LogP contribution < -0.4 is 0 Å². The molecule has 0 N–H and O–H groups in total. The van der Waals surface area contributed by atoms with Gasteiger partial charge < -0.3 is 9.47 Å². The first-order chi connectivity index (χ1) is 8.72. The summed E-state index contributed by atoms with van der Waals surface area (Å²) in [6.07, 6.45) is 1.05. The van der Waals surface area contributed by atoms with Gasteiger partial charge in [-0.2, -0.15) is 0 Å². The van der Waals surface area contributed by atoms with E-state index < -0.39 is 5.97 Å². The van der Waals surface area contributed by atoms with Crippen molar-refractivity contribution in [2.75, 3.05) is 13.2 Å². The minimum Gasteiger partial charge on any atom is -0.456 e. The summed E-state index contributed by atoms with van der Waals surface area (Å²) < 4.78 is 10.5. The number of benzene rings is 1. The summed E-state index contributed by atoms with van der Waals surface area (Å²) in [4.78, 5) is 22.7. The maximum Gasteiger partial charge on any atom is 0.339 e. The predicted molar refractivity (Wildman–Crippen MR) is 67.8 cm³/mol. The van der Waals surface area contributed by atoms with Crippen LogP contribution in [0, 0.1) is 0 Å². The van der Waals surface area contributed by atoms with E-state index in [2.05, 4.69) is 0 Å². The third kappa shape index (κ3) is 3.96. The van der Waals surface area contributed by atoms with Gasteiger partial charge in [-0.15, -0.1) is 0 Å². The van der Waals surface area contributed by atoms with Crippen LogP contribution in [0.5, 0.6) is 0 Å². The minimum absolute atomic E-state index is 0.280. The molecule has 0 fully saturated rings. The van der Waals surface area contributed by atoms with Gasteiger partial charge in [0.05, 0.1) is 12.2 Å². The van der Waals surface area contributed by atoms with E-state index in [4.69, 9.17) is 9.47 Å². The molecule has 4 heteroatoms. The van der Waals surface area contributed by atoms with Crippen LogP contribution in [0.3, 0.4) is 0 Å². The lowest BCUT2D eigenvalue weighted by Crippen LogP contribution is -2.23. The Morgan fingerprint density at radius 3 is 2.67 bits per heavy atom. The molecule has 1 aromatic rings. The lowest BCUT2D eigenvalue weighted by Gasteiger charge is -2.16. The average molecular weight is 250 g/mol. The maximum atomic E-state index is 11.9. The number of hydrogen-bond donors (Lipinski definition) is 0. The van der Waals surface area contributed by atoms with Gasteiger partial charge in [-0.05, 0) is 19.4 Å². The van der Waals surface area contributed by atoms with Crippen LogP contribution in [0.2, 0.25) is 0 Å². The van der Waals surface area contributed by atoms with Crippen molar-refractivity contribution in [3.05, 3.63) is 35.4 Å². The van der Waals surface area contributed by atoms with Gasteiger partial charge in [-0.3, -0.25) is 4.79 Å². The van der Waals surface area contributed by atoms with Gasteiger partial charge in [0.15, 0.2) is 6.29 Å². The first-order valence-electron chi connectivity index (χ1n) is 6.05. The van der Waals surface area contributed by atoms with E-state index in [1.54, 1.807) is 24.3 Å². The van der Waals surface area contributed by atoms with Gasteiger partial charge in [0.1, 0.15) is 6.10 Å². The third-order valence-corrected chi connectivity index (χ3v) is 2.54. The number of hydrogen-bond acceptors (Lipinski definition) is 4. The normalized spacial score (nSPS) is 11.9. The van der Waals surface area contributed by atoms with Crippen LogP contribution in [0.15, 0.2) is 24.3 Å². The molecule has 0 amide bonds. The number of rotatable bonds is 7. The van der Waals surface area contributed by atoms with E-state index in [9.17, 15) is 9.59 Å². The Morgan fingerprint density at radius 1 is 1.33 bits per heavy atom. The topological polar surface area (TPSA) is 52.6 Å². The van der Waals surface area contributed by atoms with Crippen molar-refractivity contribution in [3.63, 3.8) is 0 Å². The van der Waals surface area contributed by atoms with Gasteiger partial charge in [0, 0.05) is 12.2 Å². The molecule has 0 bridgehead atoms. The lowest BCUT2D eigenvalue weighted by molar-refractivity contribution is -0.00319. The molecule has 0 aromatic heterocycles. The number of aldehydes is 1. The fourth-order valence-corrected chi connectivity index (χ4v) is 1.49. The molecule has 0 saturated heterocycles. The Kier molecular flexibility index (Phi) is 6.08. The molecular weight excluding hydrogens is 232 g/mol. The van der Waals surface area contributed by atoms with Crippen molar-refractivity contribution < 1.29 is 19.1 Å². The Hall–Kier alpha value is -1.68. The highest BCUT2D eigenvalue weighted by Crippen LogP contribution is 2.11. The number of ether oxygens (including phenoxy) is 2. The maximum absolute atomic E-state index is 11.9. The molecule has 18 heavy (non-hydrogen) atoms. The first-order valence-corrected chi connectivity index (χ1v) is 6.05. The SMILES string of the molecule is CCOCC(CC)OC(=O)c1ccccc1C=O. The van der Waals surface area contributed by atoms with E-state index in [-0.39, 0.29) is 6.10 Å². The highest BCUT2D eigenvalue weighted by Gasteiger charge is 2.16. The summed E-state index contributed by atoms with van der Waals surface area (Å²) in [5.74, 6) is -0.482. The largest absolute Gasteiger partial charge is 0.456 e. The zero-order valence-electron chi connectivity index (χ0n) is 10.7. The molecule has 1 unspecified atom stereocenters. The monoisotopic (exact) mass is 250 g/mol. The standard InChI is InChI=1S/C14H18O4/c1-3-12(10-17-4-2)18-14(16)13-8-6-5-7-11(13)9-15/h5-9,12H,3-4,10H2,1-2H3. The summed E-state index contributed by atoms with van der Waals surface area (Å²) in [5.41, 5.74) is 0.635. The van der Waals surface area contributed by atoms with Crippen LogP contribution in [0.4, 0.5) is 0 Å². The van der Waals surface area contributed by atoms with Crippen molar-refractivity contribution in [2.24, 2.45) is 0 Å². The highest BCUT2D eigenvalue weighted by molar-refractivity contribution is 5.98. The van der Waals surface area contributed by atoms with Crippen molar-refractivity contribution in [2.45, 2.75) is 26.4 Å². The zero-order chi connectivity index (χ0) is 13.4. The van der Waals surface area contributed by atoms with Gasteiger partial charge >= 0.3 is 5.97 Å². The molecule has 1 rings (SSSR count). The van der Waals surface area contributed by atoms with E-state index in [0.29, 0.717) is 37.0 Å². The molecule has 98 valence electrons. The molecule has 0 heterocycles. The smallest absolute Gasteiger partial charge is 0.339 e. The fraction of sp³-hybridized carbons (Fsp3) is 0.429. The summed E-state index contributed by atoms with van der Waals surface area (Å²) in [7, 11) is 0. The van der Waals surface area contributed by atoms with Crippen molar-refractivity contribution >= 4 is 12.3 Å². The Balaban J connectivity index is 2.71. The third-order valence-electron chi connectivity index (χ3n) is 2.54. The number of esters is 1. The van der Waals surface area contributed by atoms with Crippen LogP contribution in [-0.2, 0) is 9.47 Å². The van der Waals surface area contributed by atoms with Gasteiger partial charge in [0.25, 0.3) is 0 Å². The lowest BCUT2D eigenvalue weighted by atomic mass is 10.1. The van der Waals surface area contributed by atoms with E-state index >= 15 is 0 Å². The van der Waals surface area contributed by atoms with Crippen LogP contribution in [0.1, 0.15) is 41.0 Å². The van der Waals surface area contributed by atoms with Crippen LogP contribution in [0.25, 0.3) is 0 Å². The zero-order valence-corrected chi connectivity index (χ0v) is 10.7. The molecule has 4 nitrogen and oxygen atoms in total. The summed E-state index contributed by atoms with van der Waals surface area (Å²) in [6.45, 7) is 4.76. The van der Waals surface area contributed by atoms with Gasteiger partial charge in [-0.1, -0.05) is 25.1 Å². The highest BCUT2D eigenvalue weighted by atomic mass is 16.6. The molecule has 1 atom stereocenters. The second-order valence-electron chi connectivity index (χ2n) is 3.80. The molecule has 0 aliphatic heterocycles. The molecule has 1 aromatic carbocycles. The molecule has 0 radical (unpaired) electrons. The second-order valence-corrected chi connectivity index (χ2v) is 3.80. The Bertz CT molecular complexity index is 401.